The molecule has 0 saturated carbocycles. The standard InChI is InChI=1S/C16H17BrO6/c17-14(20)12-11(18)13(19)16(22,15(21)23-12)10-7-3-5-8-4-1-2-6-9(8)10/h1-7,11-15,18-22H/t11-,12+,13+,14?,15+,16+/m1/s1. The quantitative estimate of drug-likeness (QED) is 0.472. The van der Waals surface area contributed by atoms with Gasteiger partial charge in [0.2, 0.25) is 0 Å². The van der Waals surface area contributed by atoms with Crippen LogP contribution in [0.1, 0.15) is 5.56 Å². The largest absolute Gasteiger partial charge is 0.387 e. The molecule has 2 aromatic carbocycles. The van der Waals surface area contributed by atoms with Crippen LogP contribution in [0.4, 0.5) is 0 Å². The summed E-state index contributed by atoms with van der Waals surface area (Å²) in [5.74, 6) is 0. The third-order valence-electron chi connectivity index (χ3n) is 4.27. The number of aliphatic hydroxyl groups is 5. The Kier molecular flexibility index (Phi) is 4.45. The number of alkyl halides is 1. The molecule has 7 heteroatoms. The van der Waals surface area contributed by atoms with Gasteiger partial charge in [-0.3, -0.25) is 0 Å². The summed E-state index contributed by atoms with van der Waals surface area (Å²) in [6, 6.07) is 12.2. The van der Waals surface area contributed by atoms with E-state index in [2.05, 4.69) is 15.9 Å². The van der Waals surface area contributed by atoms with E-state index in [4.69, 9.17) is 4.74 Å². The van der Waals surface area contributed by atoms with Crippen molar-refractivity contribution in [1.82, 2.24) is 0 Å². The topological polar surface area (TPSA) is 110 Å². The number of ether oxygens (including phenoxy) is 1. The van der Waals surface area contributed by atoms with Gasteiger partial charge in [0.05, 0.1) is 0 Å². The van der Waals surface area contributed by atoms with Crippen LogP contribution in [0.3, 0.4) is 0 Å². The van der Waals surface area contributed by atoms with E-state index in [0.717, 1.165) is 5.39 Å². The van der Waals surface area contributed by atoms with Crippen LogP contribution in [0.25, 0.3) is 10.8 Å². The Morgan fingerprint density at radius 1 is 1.04 bits per heavy atom. The number of rotatable bonds is 2. The van der Waals surface area contributed by atoms with Crippen molar-refractivity contribution in [2.24, 2.45) is 0 Å². The van der Waals surface area contributed by atoms with Gasteiger partial charge in [-0.15, -0.1) is 0 Å². The van der Waals surface area contributed by atoms with E-state index in [1.165, 1.54) is 0 Å². The van der Waals surface area contributed by atoms with Crippen LogP contribution in [0.15, 0.2) is 42.5 Å². The molecule has 0 bridgehead atoms. The highest BCUT2D eigenvalue weighted by Crippen LogP contribution is 2.41. The number of aliphatic hydroxyl groups excluding tert-OH is 4. The molecule has 1 fully saturated rings. The van der Waals surface area contributed by atoms with E-state index in [1.807, 2.05) is 18.2 Å². The molecule has 1 unspecified atom stereocenters. The predicted octanol–water partition coefficient (Wildman–Crippen LogP) is 0.180. The fourth-order valence-electron chi connectivity index (χ4n) is 3.01. The van der Waals surface area contributed by atoms with Gasteiger partial charge in [-0.2, -0.15) is 0 Å². The first-order chi connectivity index (χ1) is 10.9. The summed E-state index contributed by atoms with van der Waals surface area (Å²) >= 11 is 2.83. The van der Waals surface area contributed by atoms with Gasteiger partial charge < -0.3 is 30.3 Å². The molecule has 3 rings (SSSR count). The Hall–Kier alpha value is -1.06. The molecule has 2 aromatic rings. The van der Waals surface area contributed by atoms with Gasteiger partial charge in [0, 0.05) is 0 Å². The van der Waals surface area contributed by atoms with Crippen molar-refractivity contribution in [3.63, 3.8) is 0 Å². The number of hydrogen-bond donors (Lipinski definition) is 5. The zero-order chi connectivity index (χ0) is 16.8. The van der Waals surface area contributed by atoms with Crippen LogP contribution in [-0.4, -0.2) is 55.1 Å². The van der Waals surface area contributed by atoms with Gasteiger partial charge in [0.25, 0.3) is 0 Å². The summed E-state index contributed by atoms with van der Waals surface area (Å²) in [7, 11) is 0. The van der Waals surface area contributed by atoms with E-state index in [-0.39, 0.29) is 5.56 Å². The smallest absolute Gasteiger partial charge is 0.191 e. The van der Waals surface area contributed by atoms with Gasteiger partial charge in [-0.1, -0.05) is 58.4 Å². The van der Waals surface area contributed by atoms with E-state index < -0.39 is 35.2 Å². The lowest BCUT2D eigenvalue weighted by Crippen LogP contribution is -2.65. The third kappa shape index (κ3) is 2.58. The molecule has 0 amide bonds. The molecule has 6 nitrogen and oxygen atoms in total. The lowest BCUT2D eigenvalue weighted by molar-refractivity contribution is -0.336. The molecule has 0 aliphatic carbocycles. The molecule has 5 N–H and O–H groups in total. The maximum absolute atomic E-state index is 11.0. The Morgan fingerprint density at radius 2 is 1.70 bits per heavy atom. The van der Waals surface area contributed by atoms with E-state index in [0.29, 0.717) is 5.39 Å². The van der Waals surface area contributed by atoms with Crippen LogP contribution in [0.2, 0.25) is 0 Å². The maximum Gasteiger partial charge on any atom is 0.191 e. The lowest BCUT2D eigenvalue weighted by Gasteiger charge is -2.47. The maximum atomic E-state index is 11.0. The molecule has 1 aliphatic heterocycles. The molecule has 124 valence electrons. The van der Waals surface area contributed by atoms with Gasteiger partial charge in [0.15, 0.2) is 11.9 Å². The molecule has 0 aromatic heterocycles. The second-order valence-corrected chi connectivity index (χ2v) is 6.55. The van der Waals surface area contributed by atoms with Crippen LogP contribution in [0, 0.1) is 0 Å². The number of hydrogen-bond acceptors (Lipinski definition) is 6. The summed E-state index contributed by atoms with van der Waals surface area (Å²) in [6.07, 6.45) is -6.47. The minimum absolute atomic E-state index is 0.233. The molecule has 23 heavy (non-hydrogen) atoms. The second kappa shape index (κ2) is 6.10. The van der Waals surface area contributed by atoms with Gasteiger partial charge in [0.1, 0.15) is 23.3 Å². The number of benzene rings is 2. The average Bonchev–Trinajstić information content (AvgIpc) is 2.55. The summed E-state index contributed by atoms with van der Waals surface area (Å²) < 4.78 is 5.15. The normalized spacial score (nSPS) is 36.1. The number of halogens is 1. The van der Waals surface area contributed by atoms with E-state index in [1.54, 1.807) is 24.3 Å². The van der Waals surface area contributed by atoms with Crippen molar-refractivity contribution in [2.75, 3.05) is 0 Å². The molecule has 0 spiro atoms. The second-order valence-electron chi connectivity index (χ2n) is 5.61. The molecule has 1 aliphatic rings. The fourth-order valence-corrected chi connectivity index (χ4v) is 3.45. The summed E-state index contributed by atoms with van der Waals surface area (Å²) in [6.45, 7) is 0. The monoisotopic (exact) mass is 384 g/mol. The molecule has 1 heterocycles. The van der Waals surface area contributed by atoms with Crippen LogP contribution in [0.5, 0.6) is 0 Å². The Bertz CT molecular complexity index is 703. The first-order valence-electron chi connectivity index (χ1n) is 7.09. The third-order valence-corrected chi connectivity index (χ3v) is 4.79. The van der Waals surface area contributed by atoms with Crippen LogP contribution in [-0.2, 0) is 10.3 Å². The van der Waals surface area contributed by atoms with Crippen molar-refractivity contribution in [3.05, 3.63) is 48.0 Å². The average molecular weight is 385 g/mol. The SMILES string of the molecule is OC(Br)[C@H]1O[C@H](O)[C@](O)(c2cccc3ccccc23)[C@@H](O)[C@@H]1O. The Balaban J connectivity index is 2.13. The Morgan fingerprint density at radius 3 is 2.39 bits per heavy atom. The Labute approximate surface area is 140 Å². The lowest BCUT2D eigenvalue weighted by atomic mass is 9.79. The van der Waals surface area contributed by atoms with Gasteiger partial charge in [-0.25, -0.2) is 0 Å². The summed E-state index contributed by atoms with van der Waals surface area (Å²) in [5, 5.41) is 51.5. The highest BCUT2D eigenvalue weighted by molar-refractivity contribution is 9.09. The van der Waals surface area contributed by atoms with Crippen molar-refractivity contribution >= 4 is 26.7 Å². The van der Waals surface area contributed by atoms with Crippen molar-refractivity contribution in [3.8, 4) is 0 Å². The van der Waals surface area contributed by atoms with Crippen molar-refractivity contribution in [2.45, 2.75) is 35.2 Å². The summed E-state index contributed by atoms with van der Waals surface area (Å²) in [4.78, 5) is 0. The minimum Gasteiger partial charge on any atom is -0.387 e. The van der Waals surface area contributed by atoms with E-state index in [9.17, 15) is 25.5 Å². The van der Waals surface area contributed by atoms with Gasteiger partial charge in [-0.05, 0) is 16.3 Å². The van der Waals surface area contributed by atoms with E-state index >= 15 is 0 Å². The molecular weight excluding hydrogens is 368 g/mol. The van der Waals surface area contributed by atoms with Crippen LogP contribution >= 0.6 is 15.9 Å². The molecule has 1 saturated heterocycles. The molecular formula is C16H17BrO6. The summed E-state index contributed by atoms with van der Waals surface area (Å²) in [5.41, 5.74) is -2.00. The first kappa shape index (κ1) is 16.8. The van der Waals surface area contributed by atoms with Gasteiger partial charge >= 0.3 is 0 Å². The zero-order valence-electron chi connectivity index (χ0n) is 12.0. The highest BCUT2D eigenvalue weighted by Gasteiger charge is 2.57. The first-order valence-corrected chi connectivity index (χ1v) is 8.01. The minimum atomic E-state index is -2.24. The molecule has 0 radical (unpaired) electrons. The van der Waals surface area contributed by atoms with Crippen molar-refractivity contribution < 1.29 is 30.3 Å². The zero-order valence-corrected chi connectivity index (χ0v) is 13.5. The highest BCUT2D eigenvalue weighted by atomic mass is 79.9. The fraction of sp³-hybridized carbons (Fsp3) is 0.375. The predicted molar refractivity (Wildman–Crippen MR) is 85.7 cm³/mol. The number of fused-ring (bicyclic) bond motifs is 1. The van der Waals surface area contributed by atoms with Crippen molar-refractivity contribution in [1.29, 1.82) is 0 Å². The van der Waals surface area contributed by atoms with Crippen LogP contribution < -0.4 is 0 Å². The molecule has 6 atom stereocenters.